The molecule has 1 atom stereocenters. The van der Waals surface area contributed by atoms with Crippen LogP contribution < -0.4 is 10.0 Å². The summed E-state index contributed by atoms with van der Waals surface area (Å²) in [6, 6.07) is 12.4. The van der Waals surface area contributed by atoms with Crippen molar-refractivity contribution in [3.05, 3.63) is 53.6 Å². The maximum absolute atomic E-state index is 13.0. The first-order chi connectivity index (χ1) is 13.8. The van der Waals surface area contributed by atoms with E-state index in [1.807, 2.05) is 37.4 Å². The maximum Gasteiger partial charge on any atom is 0.241 e. The van der Waals surface area contributed by atoms with Crippen LogP contribution in [-0.2, 0) is 20.2 Å². The molecule has 0 aromatic heterocycles. The van der Waals surface area contributed by atoms with Crippen molar-refractivity contribution < 1.29 is 13.2 Å². The lowest BCUT2D eigenvalue weighted by atomic mass is 9.86. The SMILES string of the molecule is CSc1ccc(S(=O)(=O)NC(C)c2ccc(C(C)(C)C)cc2)cc1NC(=O)C(C)C. The summed E-state index contributed by atoms with van der Waals surface area (Å²) in [5.74, 6) is -0.353. The number of amides is 1. The molecule has 0 fully saturated rings. The van der Waals surface area contributed by atoms with Gasteiger partial charge in [0.15, 0.2) is 0 Å². The summed E-state index contributed by atoms with van der Waals surface area (Å²) in [5, 5.41) is 2.83. The molecule has 2 rings (SSSR count). The van der Waals surface area contributed by atoms with Crippen LogP contribution in [0.3, 0.4) is 0 Å². The van der Waals surface area contributed by atoms with Gasteiger partial charge in [-0.2, -0.15) is 0 Å². The normalized spacial score (nSPS) is 13.3. The molecule has 7 heteroatoms. The lowest BCUT2D eigenvalue weighted by Crippen LogP contribution is -2.27. The molecule has 0 saturated heterocycles. The zero-order valence-electron chi connectivity index (χ0n) is 18.7. The van der Waals surface area contributed by atoms with Crippen LogP contribution in [0.2, 0.25) is 0 Å². The Kier molecular flexibility index (Phi) is 7.77. The fraction of sp³-hybridized carbons (Fsp3) is 0.435. The molecule has 0 radical (unpaired) electrons. The Morgan fingerprint density at radius 1 is 1.00 bits per heavy atom. The van der Waals surface area contributed by atoms with E-state index in [9.17, 15) is 13.2 Å². The van der Waals surface area contributed by atoms with Gasteiger partial charge >= 0.3 is 0 Å². The predicted octanol–water partition coefficient (Wildman–Crippen LogP) is 5.34. The molecule has 0 saturated carbocycles. The Labute approximate surface area is 185 Å². The van der Waals surface area contributed by atoms with E-state index in [0.29, 0.717) is 5.69 Å². The van der Waals surface area contributed by atoms with Crippen molar-refractivity contribution in [1.82, 2.24) is 4.72 Å². The third-order valence-electron chi connectivity index (χ3n) is 4.87. The molecular weight excluding hydrogens is 416 g/mol. The summed E-state index contributed by atoms with van der Waals surface area (Å²) in [6.07, 6.45) is 1.89. The highest BCUT2D eigenvalue weighted by molar-refractivity contribution is 7.98. The lowest BCUT2D eigenvalue weighted by molar-refractivity contribution is -0.118. The van der Waals surface area contributed by atoms with Crippen molar-refractivity contribution in [1.29, 1.82) is 0 Å². The molecule has 164 valence electrons. The summed E-state index contributed by atoms with van der Waals surface area (Å²) in [7, 11) is -3.76. The second-order valence-corrected chi connectivity index (χ2v) is 11.3. The van der Waals surface area contributed by atoms with Gasteiger partial charge in [-0.3, -0.25) is 4.79 Å². The average Bonchev–Trinajstić information content (AvgIpc) is 2.66. The molecule has 30 heavy (non-hydrogen) atoms. The van der Waals surface area contributed by atoms with Crippen LogP contribution in [0.25, 0.3) is 0 Å². The summed E-state index contributed by atoms with van der Waals surface area (Å²) < 4.78 is 28.7. The van der Waals surface area contributed by atoms with Gasteiger partial charge in [-0.05, 0) is 47.9 Å². The second kappa shape index (κ2) is 9.54. The third-order valence-corrected chi connectivity index (χ3v) is 7.21. The Hall–Kier alpha value is -1.83. The van der Waals surface area contributed by atoms with Crippen LogP contribution in [-0.4, -0.2) is 20.6 Å². The van der Waals surface area contributed by atoms with Crippen molar-refractivity contribution in [3.8, 4) is 0 Å². The number of hydrogen-bond donors (Lipinski definition) is 2. The number of sulfonamides is 1. The van der Waals surface area contributed by atoms with Crippen LogP contribution in [0.15, 0.2) is 52.3 Å². The van der Waals surface area contributed by atoms with Gasteiger partial charge in [0.25, 0.3) is 0 Å². The summed E-state index contributed by atoms with van der Waals surface area (Å²) in [6.45, 7) is 11.8. The van der Waals surface area contributed by atoms with E-state index >= 15 is 0 Å². The smallest absolute Gasteiger partial charge is 0.241 e. The van der Waals surface area contributed by atoms with Crippen LogP contribution in [0, 0.1) is 5.92 Å². The number of thioether (sulfide) groups is 1. The molecule has 0 bridgehead atoms. The number of benzene rings is 2. The minimum Gasteiger partial charge on any atom is -0.325 e. The Morgan fingerprint density at radius 2 is 1.60 bits per heavy atom. The van der Waals surface area contributed by atoms with Gasteiger partial charge in [-0.15, -0.1) is 11.8 Å². The molecule has 0 spiro atoms. The Bertz CT molecular complexity index is 992. The van der Waals surface area contributed by atoms with E-state index in [2.05, 4.69) is 30.8 Å². The number of nitrogens with one attached hydrogen (secondary N) is 2. The number of hydrogen-bond acceptors (Lipinski definition) is 4. The molecule has 0 heterocycles. The standard InChI is InChI=1S/C23H32N2O3S2/c1-15(2)22(26)24-20-14-19(12-13-21(20)29-7)30(27,28)25-16(3)17-8-10-18(11-9-17)23(4,5)6/h8-16,25H,1-7H3,(H,24,26). The lowest BCUT2D eigenvalue weighted by Gasteiger charge is -2.21. The molecular formula is C23H32N2O3S2. The van der Waals surface area contributed by atoms with Gasteiger partial charge in [0, 0.05) is 16.9 Å². The molecule has 2 N–H and O–H groups in total. The van der Waals surface area contributed by atoms with E-state index in [4.69, 9.17) is 0 Å². The van der Waals surface area contributed by atoms with Crippen molar-refractivity contribution in [2.24, 2.45) is 5.92 Å². The van der Waals surface area contributed by atoms with Crippen molar-refractivity contribution in [2.45, 2.75) is 62.8 Å². The molecule has 2 aromatic carbocycles. The average molecular weight is 449 g/mol. The van der Waals surface area contributed by atoms with Gasteiger partial charge in [0.2, 0.25) is 15.9 Å². The van der Waals surface area contributed by atoms with Gasteiger partial charge in [-0.1, -0.05) is 58.9 Å². The minimum atomic E-state index is -3.76. The van der Waals surface area contributed by atoms with Gasteiger partial charge < -0.3 is 5.32 Å². The Balaban J connectivity index is 2.27. The predicted molar refractivity (Wildman–Crippen MR) is 126 cm³/mol. The zero-order valence-corrected chi connectivity index (χ0v) is 20.4. The fourth-order valence-corrected chi connectivity index (χ4v) is 4.66. The van der Waals surface area contributed by atoms with Crippen molar-refractivity contribution in [2.75, 3.05) is 11.6 Å². The van der Waals surface area contributed by atoms with Gasteiger partial charge in [-0.25, -0.2) is 13.1 Å². The number of rotatable bonds is 7. The molecule has 0 aliphatic carbocycles. The molecule has 0 aliphatic rings. The monoisotopic (exact) mass is 448 g/mol. The maximum atomic E-state index is 13.0. The molecule has 5 nitrogen and oxygen atoms in total. The van der Waals surface area contributed by atoms with Crippen molar-refractivity contribution in [3.63, 3.8) is 0 Å². The van der Waals surface area contributed by atoms with Gasteiger partial charge in [0.05, 0.1) is 10.6 Å². The molecule has 0 aliphatic heterocycles. The summed E-state index contributed by atoms with van der Waals surface area (Å²) in [4.78, 5) is 13.1. The molecule has 1 amide bonds. The number of carbonyl (C=O) groups is 1. The van der Waals surface area contributed by atoms with E-state index in [-0.39, 0.29) is 22.1 Å². The first kappa shape index (κ1) is 24.4. The third kappa shape index (κ3) is 6.09. The van der Waals surface area contributed by atoms with E-state index < -0.39 is 16.1 Å². The highest BCUT2D eigenvalue weighted by atomic mass is 32.2. The Morgan fingerprint density at radius 3 is 2.10 bits per heavy atom. The largest absolute Gasteiger partial charge is 0.325 e. The van der Waals surface area contributed by atoms with Gasteiger partial charge in [0.1, 0.15) is 0 Å². The van der Waals surface area contributed by atoms with Crippen LogP contribution in [0.4, 0.5) is 5.69 Å². The zero-order chi connectivity index (χ0) is 22.7. The second-order valence-electron chi connectivity index (χ2n) is 8.72. The van der Waals surface area contributed by atoms with Crippen LogP contribution in [0.1, 0.15) is 58.7 Å². The minimum absolute atomic E-state index is 0.0388. The summed E-state index contributed by atoms with van der Waals surface area (Å²) >= 11 is 1.45. The van der Waals surface area contributed by atoms with E-state index in [1.165, 1.54) is 23.4 Å². The highest BCUT2D eigenvalue weighted by Crippen LogP contribution is 2.30. The first-order valence-electron chi connectivity index (χ1n) is 9.97. The summed E-state index contributed by atoms with van der Waals surface area (Å²) in [5.41, 5.74) is 2.63. The highest BCUT2D eigenvalue weighted by Gasteiger charge is 2.21. The van der Waals surface area contributed by atoms with Crippen LogP contribution in [0.5, 0.6) is 0 Å². The van der Waals surface area contributed by atoms with E-state index in [1.54, 1.807) is 26.0 Å². The van der Waals surface area contributed by atoms with E-state index in [0.717, 1.165) is 10.5 Å². The topological polar surface area (TPSA) is 75.3 Å². The molecule has 1 unspecified atom stereocenters. The number of carbonyl (C=O) groups excluding carboxylic acids is 1. The first-order valence-corrected chi connectivity index (χ1v) is 12.7. The molecule has 2 aromatic rings. The quantitative estimate of drug-likeness (QED) is 0.561. The number of anilines is 1. The fourth-order valence-electron chi connectivity index (χ4n) is 2.87. The van der Waals surface area contributed by atoms with Crippen LogP contribution >= 0.6 is 11.8 Å². The van der Waals surface area contributed by atoms with Crippen molar-refractivity contribution >= 4 is 33.4 Å².